The molecule has 0 amide bonds. The zero-order valence-electron chi connectivity index (χ0n) is 8.00. The summed E-state index contributed by atoms with van der Waals surface area (Å²) in [7, 11) is -3.92. The Kier molecular flexibility index (Phi) is 2.45. The molecule has 0 radical (unpaired) electrons. The van der Waals surface area contributed by atoms with Crippen molar-refractivity contribution < 1.29 is 13.5 Å². The van der Waals surface area contributed by atoms with Crippen LogP contribution in [0.15, 0.2) is 20.7 Å². The van der Waals surface area contributed by atoms with Crippen LogP contribution in [0.5, 0.6) is 0 Å². The highest BCUT2D eigenvalue weighted by molar-refractivity contribution is 7.89. The van der Waals surface area contributed by atoms with E-state index in [1.54, 1.807) is 0 Å². The number of sulfonamides is 1. The largest absolute Gasteiger partial charge is 0.390 e. The average Bonchev–Trinajstić information content (AvgIpc) is 2.12. The maximum absolute atomic E-state index is 11.8. The standard InChI is InChI=1S/C7H9N3O5S/c11-4-2-10(3-4)16(14,15)5-1-8-7(13)9-6(5)12/h1,4,11H,2-3H2,(H2,8,9,12,13). The van der Waals surface area contributed by atoms with Crippen LogP contribution in [0.2, 0.25) is 0 Å². The SMILES string of the molecule is O=c1[nH]cc(S(=O)(=O)N2CC(O)C2)c(=O)[nH]1. The highest BCUT2D eigenvalue weighted by atomic mass is 32.2. The van der Waals surface area contributed by atoms with Gasteiger partial charge in [-0.1, -0.05) is 0 Å². The van der Waals surface area contributed by atoms with Crippen molar-refractivity contribution in [1.29, 1.82) is 0 Å². The van der Waals surface area contributed by atoms with Crippen molar-refractivity contribution in [2.45, 2.75) is 11.0 Å². The van der Waals surface area contributed by atoms with Gasteiger partial charge in [0.2, 0.25) is 10.0 Å². The number of rotatable bonds is 2. The average molecular weight is 247 g/mol. The van der Waals surface area contributed by atoms with Gasteiger partial charge in [-0.25, -0.2) is 13.2 Å². The summed E-state index contributed by atoms with van der Waals surface area (Å²) in [5.74, 6) is 0. The third-order valence-electron chi connectivity index (χ3n) is 2.23. The molecule has 1 fully saturated rings. The minimum absolute atomic E-state index is 0.0408. The first-order valence-corrected chi connectivity index (χ1v) is 5.85. The van der Waals surface area contributed by atoms with Gasteiger partial charge in [0.15, 0.2) is 4.90 Å². The van der Waals surface area contributed by atoms with E-state index in [1.807, 2.05) is 4.98 Å². The lowest BCUT2D eigenvalue weighted by atomic mass is 10.2. The first kappa shape index (κ1) is 11.0. The lowest BCUT2D eigenvalue weighted by Gasteiger charge is -2.34. The number of nitrogens with one attached hydrogen (secondary N) is 2. The quantitative estimate of drug-likeness (QED) is 0.530. The maximum Gasteiger partial charge on any atom is 0.325 e. The second kappa shape index (κ2) is 3.54. The van der Waals surface area contributed by atoms with Crippen LogP contribution in [0.25, 0.3) is 0 Å². The van der Waals surface area contributed by atoms with Gasteiger partial charge in [0, 0.05) is 19.3 Å². The smallest absolute Gasteiger partial charge is 0.325 e. The molecule has 88 valence electrons. The molecule has 1 aromatic heterocycles. The summed E-state index contributed by atoms with van der Waals surface area (Å²) in [6.45, 7) is -0.0815. The number of aliphatic hydroxyl groups is 1. The van der Waals surface area contributed by atoms with Crippen molar-refractivity contribution in [3.63, 3.8) is 0 Å². The number of hydrogen-bond acceptors (Lipinski definition) is 5. The summed E-state index contributed by atoms with van der Waals surface area (Å²) in [5.41, 5.74) is -1.74. The second-order valence-corrected chi connectivity index (χ2v) is 5.32. The summed E-state index contributed by atoms with van der Waals surface area (Å²) in [4.78, 5) is 25.4. The molecule has 0 unspecified atom stereocenters. The fraction of sp³-hybridized carbons (Fsp3) is 0.429. The molecule has 0 bridgehead atoms. The molecule has 2 heterocycles. The van der Waals surface area contributed by atoms with E-state index in [0.717, 1.165) is 10.5 Å². The van der Waals surface area contributed by atoms with Gasteiger partial charge < -0.3 is 10.1 Å². The Morgan fingerprint density at radius 1 is 1.38 bits per heavy atom. The van der Waals surface area contributed by atoms with E-state index in [-0.39, 0.29) is 13.1 Å². The van der Waals surface area contributed by atoms with Gasteiger partial charge in [0.05, 0.1) is 6.10 Å². The Hall–Kier alpha value is -1.45. The molecule has 0 atom stereocenters. The molecule has 3 N–H and O–H groups in total. The Bertz CT molecular complexity index is 609. The lowest BCUT2D eigenvalue weighted by molar-refractivity contribution is 0.0547. The molecule has 1 saturated heterocycles. The fourth-order valence-electron chi connectivity index (χ4n) is 1.34. The van der Waals surface area contributed by atoms with Crippen LogP contribution in [0.4, 0.5) is 0 Å². The molecular formula is C7H9N3O5S. The molecule has 9 heteroatoms. The first-order valence-electron chi connectivity index (χ1n) is 4.41. The van der Waals surface area contributed by atoms with E-state index in [0.29, 0.717) is 0 Å². The fourth-order valence-corrected chi connectivity index (χ4v) is 2.85. The van der Waals surface area contributed by atoms with Gasteiger partial charge in [-0.2, -0.15) is 4.31 Å². The van der Waals surface area contributed by atoms with Crippen molar-refractivity contribution >= 4 is 10.0 Å². The summed E-state index contributed by atoms with van der Waals surface area (Å²) in [6, 6.07) is 0. The van der Waals surface area contributed by atoms with Gasteiger partial charge >= 0.3 is 5.69 Å². The minimum Gasteiger partial charge on any atom is -0.390 e. The number of aliphatic hydroxyl groups excluding tert-OH is 1. The maximum atomic E-state index is 11.8. The summed E-state index contributed by atoms with van der Waals surface area (Å²) in [5, 5.41) is 8.99. The van der Waals surface area contributed by atoms with Gasteiger partial charge in [0.25, 0.3) is 5.56 Å². The molecule has 0 aliphatic carbocycles. The van der Waals surface area contributed by atoms with E-state index in [9.17, 15) is 18.0 Å². The van der Waals surface area contributed by atoms with Crippen LogP contribution in [0, 0.1) is 0 Å². The van der Waals surface area contributed by atoms with Crippen LogP contribution in [-0.2, 0) is 10.0 Å². The van der Waals surface area contributed by atoms with Crippen molar-refractivity contribution in [3.05, 3.63) is 27.0 Å². The van der Waals surface area contributed by atoms with Crippen molar-refractivity contribution in [2.24, 2.45) is 0 Å². The Morgan fingerprint density at radius 2 is 2.00 bits per heavy atom. The third-order valence-corrected chi connectivity index (χ3v) is 4.07. The Balaban J connectivity index is 2.44. The van der Waals surface area contributed by atoms with E-state index in [4.69, 9.17) is 5.11 Å². The van der Waals surface area contributed by atoms with E-state index in [1.165, 1.54) is 0 Å². The highest BCUT2D eigenvalue weighted by Crippen LogP contribution is 2.17. The number of aromatic nitrogens is 2. The zero-order chi connectivity index (χ0) is 11.9. The first-order chi connectivity index (χ1) is 7.41. The van der Waals surface area contributed by atoms with Crippen LogP contribution in [0.3, 0.4) is 0 Å². The van der Waals surface area contributed by atoms with Gasteiger partial charge in [0.1, 0.15) is 0 Å². The molecule has 0 aromatic carbocycles. The number of H-pyrrole nitrogens is 2. The molecular weight excluding hydrogens is 238 g/mol. The number of aromatic amines is 2. The molecule has 0 saturated carbocycles. The highest BCUT2D eigenvalue weighted by Gasteiger charge is 2.37. The number of nitrogens with zero attached hydrogens (tertiary/aromatic N) is 1. The van der Waals surface area contributed by atoms with Gasteiger partial charge in [-0.3, -0.25) is 9.78 Å². The topological polar surface area (TPSA) is 123 Å². The molecule has 1 aliphatic heterocycles. The number of β-amino-alcohol motifs (C(OH)–C–C–N with tert-alkyl or cyclic N) is 1. The lowest BCUT2D eigenvalue weighted by Crippen LogP contribution is -2.54. The molecule has 1 aliphatic rings. The van der Waals surface area contributed by atoms with Crippen molar-refractivity contribution in [3.8, 4) is 0 Å². The van der Waals surface area contributed by atoms with E-state index >= 15 is 0 Å². The summed E-state index contributed by atoms with van der Waals surface area (Å²) >= 11 is 0. The van der Waals surface area contributed by atoms with Crippen molar-refractivity contribution in [1.82, 2.24) is 14.3 Å². The van der Waals surface area contributed by atoms with Crippen LogP contribution in [-0.4, -0.2) is 47.0 Å². The third kappa shape index (κ3) is 1.68. The van der Waals surface area contributed by atoms with Crippen molar-refractivity contribution in [2.75, 3.05) is 13.1 Å². The number of hydrogen-bond donors (Lipinski definition) is 3. The monoisotopic (exact) mass is 247 g/mol. The summed E-state index contributed by atoms with van der Waals surface area (Å²) < 4.78 is 24.5. The Labute approximate surface area is 89.6 Å². The molecule has 16 heavy (non-hydrogen) atoms. The Morgan fingerprint density at radius 3 is 2.50 bits per heavy atom. The van der Waals surface area contributed by atoms with Gasteiger partial charge in [-0.05, 0) is 0 Å². The van der Waals surface area contributed by atoms with E-state index in [2.05, 4.69) is 4.98 Å². The zero-order valence-corrected chi connectivity index (χ0v) is 8.82. The molecule has 8 nitrogen and oxygen atoms in total. The van der Waals surface area contributed by atoms with Crippen LogP contribution < -0.4 is 11.2 Å². The molecule has 2 rings (SSSR count). The van der Waals surface area contributed by atoms with Crippen LogP contribution in [0.1, 0.15) is 0 Å². The molecule has 1 aromatic rings. The predicted octanol–water partition coefficient (Wildman–Crippen LogP) is -2.57. The summed E-state index contributed by atoms with van der Waals surface area (Å²) in [6.07, 6.45) is 0.151. The normalized spacial score (nSPS) is 18.3. The van der Waals surface area contributed by atoms with Crippen LogP contribution >= 0.6 is 0 Å². The molecule has 0 spiro atoms. The second-order valence-electron chi connectivity index (χ2n) is 3.41. The van der Waals surface area contributed by atoms with E-state index < -0.39 is 32.3 Å². The van der Waals surface area contributed by atoms with Gasteiger partial charge in [-0.15, -0.1) is 0 Å². The minimum atomic E-state index is -3.92. The predicted molar refractivity (Wildman–Crippen MR) is 52.4 cm³/mol.